The summed E-state index contributed by atoms with van der Waals surface area (Å²) in [5.74, 6) is 0.206. The van der Waals surface area contributed by atoms with Gasteiger partial charge in [0.05, 0.1) is 13.2 Å². The largest absolute Gasteiger partial charge is 0.378 e. The van der Waals surface area contributed by atoms with Gasteiger partial charge in [-0.2, -0.15) is 0 Å². The summed E-state index contributed by atoms with van der Waals surface area (Å²) >= 11 is 0. The number of Topliss-reactive ketones (excluding diaryl/α,β-unsaturated/α-hetero) is 1. The third-order valence-corrected chi connectivity index (χ3v) is 4.05. The molecule has 0 aliphatic carbocycles. The van der Waals surface area contributed by atoms with E-state index in [0.29, 0.717) is 6.42 Å². The van der Waals surface area contributed by atoms with E-state index in [1.807, 2.05) is 42.5 Å². The van der Waals surface area contributed by atoms with Crippen molar-refractivity contribution in [3.8, 4) is 0 Å². The Morgan fingerprint density at radius 1 is 0.955 bits per heavy atom. The summed E-state index contributed by atoms with van der Waals surface area (Å²) in [6, 6.07) is 18.1. The average molecular weight is 295 g/mol. The molecule has 1 aliphatic rings. The lowest BCUT2D eigenvalue weighted by Gasteiger charge is -2.28. The lowest BCUT2D eigenvalue weighted by atomic mass is 10.0. The van der Waals surface area contributed by atoms with E-state index in [-0.39, 0.29) is 5.78 Å². The van der Waals surface area contributed by atoms with Crippen LogP contribution in [0.2, 0.25) is 0 Å². The van der Waals surface area contributed by atoms with Crippen LogP contribution in [-0.4, -0.2) is 32.1 Å². The second-order valence-electron chi connectivity index (χ2n) is 5.56. The van der Waals surface area contributed by atoms with E-state index in [1.165, 1.54) is 11.3 Å². The molecule has 3 nitrogen and oxygen atoms in total. The number of carbonyl (C=O) groups is 1. The van der Waals surface area contributed by atoms with E-state index >= 15 is 0 Å². The molecule has 1 aliphatic heterocycles. The van der Waals surface area contributed by atoms with Gasteiger partial charge < -0.3 is 9.64 Å². The van der Waals surface area contributed by atoms with Crippen LogP contribution >= 0.6 is 0 Å². The third-order valence-electron chi connectivity index (χ3n) is 4.05. The van der Waals surface area contributed by atoms with Gasteiger partial charge in [0.2, 0.25) is 0 Å². The monoisotopic (exact) mass is 295 g/mol. The third kappa shape index (κ3) is 3.74. The standard InChI is InChI=1S/C19H21NO2/c21-19(11-6-16-4-2-1-3-5-16)17-7-9-18(10-8-17)20-12-14-22-15-13-20/h1-5,7-10H,6,11-15H2. The van der Waals surface area contributed by atoms with Crippen LogP contribution in [0.15, 0.2) is 54.6 Å². The van der Waals surface area contributed by atoms with Gasteiger partial charge in [0.15, 0.2) is 5.78 Å². The quantitative estimate of drug-likeness (QED) is 0.792. The zero-order valence-electron chi connectivity index (χ0n) is 12.7. The van der Waals surface area contributed by atoms with Gasteiger partial charge in [-0.05, 0) is 36.2 Å². The van der Waals surface area contributed by atoms with Gasteiger partial charge in [-0.3, -0.25) is 4.79 Å². The predicted octanol–water partition coefficient (Wildman–Crippen LogP) is 3.34. The first kappa shape index (κ1) is 14.8. The topological polar surface area (TPSA) is 29.5 Å². The highest BCUT2D eigenvalue weighted by molar-refractivity contribution is 5.96. The number of ether oxygens (including phenoxy) is 1. The SMILES string of the molecule is O=C(CCc1ccccc1)c1ccc(N2CCOCC2)cc1. The summed E-state index contributed by atoms with van der Waals surface area (Å²) in [5, 5.41) is 0. The normalized spacial score (nSPS) is 14.8. The zero-order valence-corrected chi connectivity index (χ0v) is 12.7. The van der Waals surface area contributed by atoms with Gasteiger partial charge in [0.1, 0.15) is 0 Å². The fraction of sp³-hybridized carbons (Fsp3) is 0.316. The minimum Gasteiger partial charge on any atom is -0.378 e. The second-order valence-corrected chi connectivity index (χ2v) is 5.56. The number of hydrogen-bond acceptors (Lipinski definition) is 3. The van der Waals surface area contributed by atoms with E-state index in [2.05, 4.69) is 17.0 Å². The first-order chi connectivity index (χ1) is 10.8. The fourth-order valence-electron chi connectivity index (χ4n) is 2.73. The predicted molar refractivity (Wildman–Crippen MR) is 88.6 cm³/mol. The van der Waals surface area contributed by atoms with Crippen LogP contribution in [0, 0.1) is 0 Å². The minimum atomic E-state index is 0.206. The summed E-state index contributed by atoms with van der Waals surface area (Å²) < 4.78 is 5.36. The molecule has 0 radical (unpaired) electrons. The van der Waals surface area contributed by atoms with E-state index in [1.54, 1.807) is 0 Å². The highest BCUT2D eigenvalue weighted by atomic mass is 16.5. The average Bonchev–Trinajstić information content (AvgIpc) is 2.61. The summed E-state index contributed by atoms with van der Waals surface area (Å²) in [7, 11) is 0. The van der Waals surface area contributed by atoms with E-state index in [9.17, 15) is 4.79 Å². The Balaban J connectivity index is 1.58. The van der Waals surface area contributed by atoms with Crippen LogP contribution in [0.3, 0.4) is 0 Å². The van der Waals surface area contributed by atoms with Crippen molar-refractivity contribution in [3.63, 3.8) is 0 Å². The van der Waals surface area contributed by atoms with Gasteiger partial charge in [-0.1, -0.05) is 30.3 Å². The Bertz CT molecular complexity index is 601. The molecule has 2 aromatic rings. The molecule has 0 spiro atoms. The molecule has 0 amide bonds. The molecule has 1 heterocycles. The highest BCUT2D eigenvalue weighted by Crippen LogP contribution is 2.18. The number of hydrogen-bond donors (Lipinski definition) is 0. The maximum absolute atomic E-state index is 12.3. The summed E-state index contributed by atoms with van der Waals surface area (Å²) in [6.45, 7) is 3.39. The Kier molecular flexibility index (Phi) is 4.86. The Morgan fingerprint density at radius 3 is 2.32 bits per heavy atom. The zero-order chi connectivity index (χ0) is 15.2. The van der Waals surface area contributed by atoms with Crippen molar-refractivity contribution in [1.82, 2.24) is 0 Å². The Hall–Kier alpha value is -2.13. The molecular weight excluding hydrogens is 274 g/mol. The molecule has 2 aromatic carbocycles. The van der Waals surface area contributed by atoms with Gasteiger partial charge in [0.25, 0.3) is 0 Å². The van der Waals surface area contributed by atoms with Crippen LogP contribution < -0.4 is 4.90 Å². The van der Waals surface area contributed by atoms with E-state index in [4.69, 9.17) is 4.74 Å². The Labute approximate surface area is 131 Å². The summed E-state index contributed by atoms with van der Waals surface area (Å²) in [4.78, 5) is 14.6. The maximum atomic E-state index is 12.3. The molecule has 0 aromatic heterocycles. The van der Waals surface area contributed by atoms with Crippen molar-refractivity contribution in [2.75, 3.05) is 31.2 Å². The number of benzene rings is 2. The number of nitrogens with zero attached hydrogens (tertiary/aromatic N) is 1. The number of anilines is 1. The van der Waals surface area contributed by atoms with Crippen LogP contribution in [-0.2, 0) is 11.2 Å². The lowest BCUT2D eigenvalue weighted by Crippen LogP contribution is -2.36. The minimum absolute atomic E-state index is 0.206. The molecule has 1 fully saturated rings. The molecule has 3 heteroatoms. The van der Waals surface area contributed by atoms with Gasteiger partial charge >= 0.3 is 0 Å². The van der Waals surface area contributed by atoms with Crippen molar-refractivity contribution in [2.24, 2.45) is 0 Å². The van der Waals surface area contributed by atoms with Crippen LogP contribution in [0.5, 0.6) is 0 Å². The van der Waals surface area contributed by atoms with Gasteiger partial charge in [-0.15, -0.1) is 0 Å². The van der Waals surface area contributed by atoms with Crippen LogP contribution in [0.4, 0.5) is 5.69 Å². The van der Waals surface area contributed by atoms with Crippen LogP contribution in [0.25, 0.3) is 0 Å². The van der Waals surface area contributed by atoms with Gasteiger partial charge in [-0.25, -0.2) is 0 Å². The van der Waals surface area contributed by atoms with Crippen molar-refractivity contribution in [1.29, 1.82) is 0 Å². The Morgan fingerprint density at radius 2 is 1.64 bits per heavy atom. The van der Waals surface area contributed by atoms with Crippen molar-refractivity contribution in [3.05, 3.63) is 65.7 Å². The molecule has 0 bridgehead atoms. The molecular formula is C19H21NO2. The summed E-state index contributed by atoms with van der Waals surface area (Å²) in [6.07, 6.45) is 1.35. The first-order valence-electron chi connectivity index (χ1n) is 7.83. The molecule has 22 heavy (non-hydrogen) atoms. The maximum Gasteiger partial charge on any atom is 0.163 e. The van der Waals surface area contributed by atoms with E-state index < -0.39 is 0 Å². The van der Waals surface area contributed by atoms with Crippen molar-refractivity contribution in [2.45, 2.75) is 12.8 Å². The van der Waals surface area contributed by atoms with Crippen molar-refractivity contribution < 1.29 is 9.53 Å². The first-order valence-corrected chi connectivity index (χ1v) is 7.83. The molecule has 0 unspecified atom stereocenters. The summed E-state index contributed by atoms with van der Waals surface area (Å²) in [5.41, 5.74) is 3.18. The molecule has 1 saturated heterocycles. The van der Waals surface area contributed by atoms with Crippen LogP contribution in [0.1, 0.15) is 22.3 Å². The van der Waals surface area contributed by atoms with Crippen molar-refractivity contribution >= 4 is 11.5 Å². The lowest BCUT2D eigenvalue weighted by molar-refractivity contribution is 0.0982. The smallest absolute Gasteiger partial charge is 0.163 e. The van der Waals surface area contributed by atoms with E-state index in [0.717, 1.165) is 38.3 Å². The molecule has 0 saturated carbocycles. The molecule has 0 atom stereocenters. The molecule has 114 valence electrons. The molecule has 0 N–H and O–H groups in total. The number of ketones is 1. The molecule has 3 rings (SSSR count). The number of aryl methyl sites for hydroxylation is 1. The fourth-order valence-corrected chi connectivity index (χ4v) is 2.73. The van der Waals surface area contributed by atoms with Gasteiger partial charge in [0, 0.05) is 30.8 Å². The number of rotatable bonds is 5. The highest BCUT2D eigenvalue weighted by Gasteiger charge is 2.12. The second kappa shape index (κ2) is 7.23. The number of carbonyl (C=O) groups excluding carboxylic acids is 1. The number of morpholine rings is 1.